The van der Waals surface area contributed by atoms with E-state index in [9.17, 15) is 9.59 Å². The first-order valence-electron chi connectivity index (χ1n) is 14.4. The molecule has 2 aromatic carbocycles. The molecular weight excluding hydrogens is 540 g/mol. The van der Waals surface area contributed by atoms with Crippen LogP contribution in [0.3, 0.4) is 0 Å². The van der Waals surface area contributed by atoms with Crippen molar-refractivity contribution in [3.63, 3.8) is 0 Å². The first kappa shape index (κ1) is 27.6. The van der Waals surface area contributed by atoms with Gasteiger partial charge in [0, 0.05) is 30.1 Å². The number of hydrogen-bond donors (Lipinski definition) is 0. The Hall–Kier alpha value is -3.56. The van der Waals surface area contributed by atoms with Crippen molar-refractivity contribution in [1.29, 1.82) is 0 Å². The minimum absolute atomic E-state index is 0.0355. The molecule has 3 aliphatic rings. The molecule has 9 heteroatoms. The maximum Gasteiger partial charge on any atom is 0.254 e. The molecule has 4 heterocycles. The summed E-state index contributed by atoms with van der Waals surface area (Å²) in [5.41, 5.74) is 2.84. The van der Waals surface area contributed by atoms with Gasteiger partial charge in [-0.3, -0.25) is 9.59 Å². The summed E-state index contributed by atoms with van der Waals surface area (Å²) in [6, 6.07) is 15.2. The number of carbonyl (C=O) groups is 2. The molecule has 8 nitrogen and oxygen atoms in total. The number of benzene rings is 2. The minimum atomic E-state index is -0.229. The second kappa shape index (κ2) is 12.1. The third kappa shape index (κ3) is 6.06. The fraction of sp³-hybridized carbons (Fsp3) is 0.438. The fourth-order valence-electron chi connectivity index (χ4n) is 5.72. The molecule has 2 atom stereocenters. The molecule has 41 heavy (non-hydrogen) atoms. The Morgan fingerprint density at radius 3 is 2.71 bits per heavy atom. The Morgan fingerprint density at radius 2 is 1.93 bits per heavy atom. The lowest BCUT2D eigenvalue weighted by Crippen LogP contribution is -2.49. The maximum atomic E-state index is 14.0. The van der Waals surface area contributed by atoms with Crippen molar-refractivity contribution in [2.75, 3.05) is 39.6 Å². The van der Waals surface area contributed by atoms with E-state index < -0.39 is 0 Å². The molecule has 216 valence electrons. The van der Waals surface area contributed by atoms with Gasteiger partial charge >= 0.3 is 0 Å². The van der Waals surface area contributed by atoms with Crippen LogP contribution in [0.5, 0.6) is 17.2 Å². The molecular formula is C32H36N2O6S. The van der Waals surface area contributed by atoms with E-state index in [4.69, 9.17) is 18.9 Å². The second-order valence-electron chi connectivity index (χ2n) is 11.1. The van der Waals surface area contributed by atoms with Gasteiger partial charge in [0.2, 0.25) is 12.7 Å². The monoisotopic (exact) mass is 576 g/mol. The highest BCUT2D eigenvalue weighted by Crippen LogP contribution is 2.35. The summed E-state index contributed by atoms with van der Waals surface area (Å²) in [4.78, 5) is 32.5. The standard InChI is InChI=1S/C32H36N2O6S/c1-21(2)22-5-8-24(9-6-22)38-19-27-26-12-15-41-30(26)11-13-34(27)31(35)18-33(17-25-4-3-14-37-25)32(36)23-7-10-28-29(16-23)40-20-39-28/h5-10,12,15-16,21,25,27H,3-4,11,13-14,17-20H2,1-2H3/t25-,27+/m1/s1. The topological polar surface area (TPSA) is 77.5 Å². The summed E-state index contributed by atoms with van der Waals surface area (Å²) in [6.45, 7) is 6.39. The van der Waals surface area contributed by atoms with Crippen LogP contribution in [0, 0.1) is 0 Å². The average molecular weight is 577 g/mol. The van der Waals surface area contributed by atoms with Crippen LogP contribution in [-0.4, -0.2) is 67.4 Å². The van der Waals surface area contributed by atoms with Gasteiger partial charge in [0.15, 0.2) is 11.5 Å². The van der Waals surface area contributed by atoms with Crippen molar-refractivity contribution in [3.05, 3.63) is 75.5 Å². The molecule has 0 unspecified atom stereocenters. The van der Waals surface area contributed by atoms with Gasteiger partial charge < -0.3 is 28.7 Å². The van der Waals surface area contributed by atoms with Crippen LogP contribution < -0.4 is 14.2 Å². The van der Waals surface area contributed by atoms with Gasteiger partial charge in [-0.1, -0.05) is 26.0 Å². The summed E-state index contributed by atoms with van der Waals surface area (Å²) in [5, 5.41) is 2.08. The lowest BCUT2D eigenvalue weighted by Gasteiger charge is -2.37. The Kier molecular flexibility index (Phi) is 8.16. The number of fused-ring (bicyclic) bond motifs is 2. The van der Waals surface area contributed by atoms with Crippen LogP contribution in [0.2, 0.25) is 0 Å². The van der Waals surface area contributed by atoms with Gasteiger partial charge in [0.25, 0.3) is 5.91 Å². The molecule has 0 aliphatic carbocycles. The molecule has 1 aromatic heterocycles. The zero-order valence-corrected chi connectivity index (χ0v) is 24.4. The quantitative estimate of drug-likeness (QED) is 0.338. The number of ether oxygens (including phenoxy) is 4. The zero-order chi connectivity index (χ0) is 28.3. The van der Waals surface area contributed by atoms with Crippen LogP contribution in [-0.2, 0) is 16.0 Å². The number of nitrogens with zero attached hydrogens (tertiary/aromatic N) is 2. The highest BCUT2D eigenvalue weighted by atomic mass is 32.1. The third-order valence-corrected chi connectivity index (χ3v) is 9.05. The predicted octanol–water partition coefficient (Wildman–Crippen LogP) is 5.43. The van der Waals surface area contributed by atoms with Gasteiger partial charge in [-0.15, -0.1) is 11.3 Å². The average Bonchev–Trinajstić information content (AvgIpc) is 3.77. The highest BCUT2D eigenvalue weighted by molar-refractivity contribution is 7.10. The molecule has 0 saturated carbocycles. The SMILES string of the molecule is CC(C)c1ccc(OC[C@H]2c3ccsc3CCN2C(=O)CN(C[C@H]2CCCO2)C(=O)c2ccc3c(c2)OCO3)cc1. The molecule has 3 aliphatic heterocycles. The molecule has 2 amide bonds. The van der Waals surface area contributed by atoms with Crippen molar-refractivity contribution in [3.8, 4) is 17.2 Å². The van der Waals surface area contributed by atoms with Gasteiger partial charge in [-0.25, -0.2) is 0 Å². The molecule has 0 N–H and O–H groups in total. The van der Waals surface area contributed by atoms with Crippen molar-refractivity contribution in [2.24, 2.45) is 0 Å². The van der Waals surface area contributed by atoms with Gasteiger partial charge in [0.05, 0.1) is 12.1 Å². The first-order chi connectivity index (χ1) is 20.0. The minimum Gasteiger partial charge on any atom is -0.491 e. The van der Waals surface area contributed by atoms with Crippen LogP contribution in [0.25, 0.3) is 0 Å². The molecule has 1 fully saturated rings. The number of thiophene rings is 1. The maximum absolute atomic E-state index is 14.0. The summed E-state index contributed by atoms with van der Waals surface area (Å²) in [6.07, 6.45) is 2.53. The predicted molar refractivity (Wildman–Crippen MR) is 156 cm³/mol. The van der Waals surface area contributed by atoms with E-state index in [2.05, 4.69) is 37.4 Å². The molecule has 0 spiro atoms. The number of carbonyl (C=O) groups excluding carboxylic acids is 2. The van der Waals surface area contributed by atoms with Crippen molar-refractivity contribution >= 4 is 23.2 Å². The lowest BCUT2D eigenvalue weighted by molar-refractivity contribution is -0.135. The van der Waals surface area contributed by atoms with Crippen LogP contribution in [0.1, 0.15) is 65.0 Å². The Labute approximate surface area is 244 Å². The Balaban J connectivity index is 1.20. The normalized spacial score (nSPS) is 19.3. The van der Waals surface area contributed by atoms with E-state index in [-0.39, 0.29) is 37.3 Å². The highest BCUT2D eigenvalue weighted by Gasteiger charge is 2.35. The molecule has 3 aromatic rings. The zero-order valence-electron chi connectivity index (χ0n) is 23.5. The largest absolute Gasteiger partial charge is 0.491 e. The summed E-state index contributed by atoms with van der Waals surface area (Å²) < 4.78 is 23.0. The number of hydrogen-bond acceptors (Lipinski definition) is 7. The fourth-order valence-corrected chi connectivity index (χ4v) is 6.65. The Bertz CT molecular complexity index is 1380. The van der Waals surface area contributed by atoms with E-state index in [1.807, 2.05) is 17.0 Å². The van der Waals surface area contributed by atoms with Crippen molar-refractivity contribution in [2.45, 2.75) is 51.2 Å². The molecule has 6 rings (SSSR count). The molecule has 0 radical (unpaired) electrons. The van der Waals surface area contributed by atoms with Gasteiger partial charge in [-0.05, 0) is 78.1 Å². The van der Waals surface area contributed by atoms with E-state index in [1.54, 1.807) is 34.4 Å². The van der Waals surface area contributed by atoms with Crippen molar-refractivity contribution < 1.29 is 28.5 Å². The van der Waals surface area contributed by atoms with Crippen LogP contribution in [0.15, 0.2) is 53.9 Å². The summed E-state index contributed by atoms with van der Waals surface area (Å²) in [5.74, 6) is 2.06. The first-order valence-corrected chi connectivity index (χ1v) is 15.2. The number of rotatable bonds is 9. The van der Waals surface area contributed by atoms with Gasteiger partial charge in [0.1, 0.15) is 18.9 Å². The van der Waals surface area contributed by atoms with E-state index in [0.29, 0.717) is 49.3 Å². The van der Waals surface area contributed by atoms with Gasteiger partial charge in [-0.2, -0.15) is 0 Å². The molecule has 0 bridgehead atoms. The summed E-state index contributed by atoms with van der Waals surface area (Å²) in [7, 11) is 0. The summed E-state index contributed by atoms with van der Waals surface area (Å²) >= 11 is 1.72. The van der Waals surface area contributed by atoms with E-state index in [1.165, 1.54) is 10.4 Å². The van der Waals surface area contributed by atoms with E-state index in [0.717, 1.165) is 30.6 Å². The van der Waals surface area contributed by atoms with Crippen LogP contribution in [0.4, 0.5) is 0 Å². The smallest absolute Gasteiger partial charge is 0.254 e. The lowest BCUT2D eigenvalue weighted by atomic mass is 10.00. The molecule has 1 saturated heterocycles. The van der Waals surface area contributed by atoms with Crippen molar-refractivity contribution in [1.82, 2.24) is 9.80 Å². The second-order valence-corrected chi connectivity index (χ2v) is 12.1. The Morgan fingerprint density at radius 1 is 1.10 bits per heavy atom. The van der Waals surface area contributed by atoms with E-state index >= 15 is 0 Å². The van der Waals surface area contributed by atoms with Crippen LogP contribution >= 0.6 is 11.3 Å². The third-order valence-electron chi connectivity index (χ3n) is 8.05. The number of amides is 2.